The smallest absolute Gasteiger partial charge is 0.255 e. The van der Waals surface area contributed by atoms with Gasteiger partial charge in [-0.2, -0.15) is 0 Å². The van der Waals surface area contributed by atoms with Crippen molar-refractivity contribution in [2.24, 2.45) is 5.92 Å². The van der Waals surface area contributed by atoms with Crippen LogP contribution in [0, 0.1) is 5.92 Å². The van der Waals surface area contributed by atoms with Gasteiger partial charge in [-0.15, -0.1) is 0 Å². The van der Waals surface area contributed by atoms with Gasteiger partial charge < -0.3 is 15.4 Å². The summed E-state index contributed by atoms with van der Waals surface area (Å²) in [4.78, 5) is 12.6. The average molecular weight is 469 g/mol. The molecule has 2 N–H and O–H groups in total. The normalized spacial score (nSPS) is 16.9. The molecule has 1 amide bonds. The number of ether oxygens (including phenoxy) is 1. The predicted octanol–water partition coefficient (Wildman–Crippen LogP) is 7.78. The number of anilines is 2. The molecule has 0 heterocycles. The number of hydrogen-bond donors (Lipinski definition) is 2. The zero-order valence-corrected chi connectivity index (χ0v) is 20.5. The molecule has 0 bridgehead atoms. The van der Waals surface area contributed by atoms with E-state index in [0.717, 1.165) is 48.9 Å². The minimum Gasteiger partial charge on any atom is -0.494 e. The molecule has 3 aromatic carbocycles. The zero-order valence-electron chi connectivity index (χ0n) is 20.5. The van der Waals surface area contributed by atoms with E-state index in [1.807, 2.05) is 48.5 Å². The Morgan fingerprint density at radius 2 is 1.60 bits per heavy atom. The van der Waals surface area contributed by atoms with Crippen LogP contribution in [0.1, 0.15) is 73.7 Å². The van der Waals surface area contributed by atoms with Gasteiger partial charge in [0.15, 0.2) is 0 Å². The Hall–Kier alpha value is -3.27. The van der Waals surface area contributed by atoms with Crippen LogP contribution in [0.25, 0.3) is 0 Å². The molecular formula is C31H36N2O2. The first-order valence-corrected chi connectivity index (χ1v) is 13.2. The molecule has 182 valence electrons. The average Bonchev–Trinajstić information content (AvgIpc) is 3.69. The number of para-hydroxylation sites is 1. The van der Waals surface area contributed by atoms with Crippen LogP contribution in [-0.4, -0.2) is 12.5 Å². The summed E-state index contributed by atoms with van der Waals surface area (Å²) in [7, 11) is 0. The molecule has 0 radical (unpaired) electrons. The molecule has 5 rings (SSSR count). The number of nitrogens with one attached hydrogen (secondary N) is 2. The van der Waals surface area contributed by atoms with Crippen molar-refractivity contribution in [2.75, 3.05) is 17.2 Å². The van der Waals surface area contributed by atoms with Gasteiger partial charge in [-0.1, -0.05) is 68.5 Å². The fourth-order valence-electron chi connectivity index (χ4n) is 5.25. The Morgan fingerprint density at radius 1 is 0.857 bits per heavy atom. The Labute approximate surface area is 209 Å². The number of rotatable bonds is 10. The third-order valence-electron chi connectivity index (χ3n) is 7.45. The van der Waals surface area contributed by atoms with Gasteiger partial charge in [0.25, 0.3) is 5.91 Å². The number of benzene rings is 3. The molecule has 4 nitrogen and oxygen atoms in total. The van der Waals surface area contributed by atoms with E-state index in [1.54, 1.807) is 0 Å². The molecule has 0 unspecified atom stereocenters. The van der Waals surface area contributed by atoms with Gasteiger partial charge in [0.05, 0.1) is 12.1 Å². The zero-order chi connectivity index (χ0) is 23.9. The Bertz CT molecular complexity index is 1100. The van der Waals surface area contributed by atoms with E-state index in [9.17, 15) is 4.79 Å². The van der Waals surface area contributed by atoms with Crippen molar-refractivity contribution in [3.05, 3.63) is 90.0 Å². The van der Waals surface area contributed by atoms with Gasteiger partial charge in [0.1, 0.15) is 5.75 Å². The summed E-state index contributed by atoms with van der Waals surface area (Å²) in [5.41, 5.74) is 3.70. The second-order valence-corrected chi connectivity index (χ2v) is 10.1. The van der Waals surface area contributed by atoms with Gasteiger partial charge in [-0.3, -0.25) is 4.79 Å². The summed E-state index contributed by atoms with van der Waals surface area (Å²) in [6.07, 6.45) is 11.6. The number of hydrogen-bond acceptors (Lipinski definition) is 3. The highest BCUT2D eigenvalue weighted by Gasteiger charge is 2.44. The molecular weight excluding hydrogens is 432 g/mol. The van der Waals surface area contributed by atoms with Crippen molar-refractivity contribution in [2.45, 2.75) is 63.3 Å². The first-order chi connectivity index (χ1) is 17.2. The molecule has 0 aromatic heterocycles. The van der Waals surface area contributed by atoms with Crippen molar-refractivity contribution in [1.29, 1.82) is 0 Å². The standard InChI is InChI=1S/C31H36N2O2/c34-30(32-27-12-5-2-6-13-27)25-16-18-26(19-17-25)31(20-21-31)33-28-14-7-15-29(23-28)35-22-8-11-24-9-3-1-4-10-24/h2,5-7,12-19,23-24,33H,1,3-4,8-11,20-22H2,(H,32,34). The maximum atomic E-state index is 12.6. The summed E-state index contributed by atoms with van der Waals surface area (Å²) in [5.74, 6) is 1.75. The minimum absolute atomic E-state index is 0.0615. The quantitative estimate of drug-likeness (QED) is 0.299. The van der Waals surface area contributed by atoms with E-state index in [-0.39, 0.29) is 11.4 Å². The fourth-order valence-corrected chi connectivity index (χ4v) is 5.25. The van der Waals surface area contributed by atoms with Crippen LogP contribution in [0.5, 0.6) is 5.75 Å². The van der Waals surface area contributed by atoms with Gasteiger partial charge in [-0.05, 0) is 73.6 Å². The summed E-state index contributed by atoms with van der Waals surface area (Å²) in [5, 5.41) is 6.69. The molecule has 2 aliphatic carbocycles. The third kappa shape index (κ3) is 6.25. The van der Waals surface area contributed by atoms with Crippen LogP contribution in [-0.2, 0) is 5.54 Å². The fraction of sp³-hybridized carbons (Fsp3) is 0.387. The lowest BCUT2D eigenvalue weighted by atomic mass is 9.86. The van der Waals surface area contributed by atoms with Crippen LogP contribution in [0.3, 0.4) is 0 Å². The van der Waals surface area contributed by atoms with E-state index in [0.29, 0.717) is 5.56 Å². The monoisotopic (exact) mass is 468 g/mol. The van der Waals surface area contributed by atoms with Crippen molar-refractivity contribution in [3.63, 3.8) is 0 Å². The predicted molar refractivity (Wildman–Crippen MR) is 143 cm³/mol. The van der Waals surface area contributed by atoms with Crippen molar-refractivity contribution in [1.82, 2.24) is 0 Å². The van der Waals surface area contributed by atoms with E-state index in [2.05, 4.69) is 41.0 Å². The highest BCUT2D eigenvalue weighted by molar-refractivity contribution is 6.04. The van der Waals surface area contributed by atoms with E-state index in [1.165, 1.54) is 44.1 Å². The third-order valence-corrected chi connectivity index (χ3v) is 7.45. The first kappa shape index (κ1) is 23.5. The highest BCUT2D eigenvalue weighted by Crippen LogP contribution is 2.48. The van der Waals surface area contributed by atoms with Crippen LogP contribution in [0.15, 0.2) is 78.9 Å². The Balaban J connectivity index is 1.14. The second-order valence-electron chi connectivity index (χ2n) is 10.1. The van der Waals surface area contributed by atoms with E-state index in [4.69, 9.17) is 4.74 Å². The van der Waals surface area contributed by atoms with E-state index < -0.39 is 0 Å². The molecule has 0 saturated heterocycles. The van der Waals surface area contributed by atoms with Crippen molar-refractivity contribution < 1.29 is 9.53 Å². The molecule has 35 heavy (non-hydrogen) atoms. The Kier molecular flexibility index (Phi) is 7.37. The number of amides is 1. The largest absolute Gasteiger partial charge is 0.494 e. The SMILES string of the molecule is O=C(Nc1ccccc1)c1ccc(C2(Nc3cccc(OCCCC4CCCCC4)c3)CC2)cc1. The van der Waals surface area contributed by atoms with Crippen LogP contribution in [0.2, 0.25) is 0 Å². The molecule has 2 fully saturated rings. The van der Waals surface area contributed by atoms with Crippen LogP contribution in [0.4, 0.5) is 11.4 Å². The molecule has 0 aliphatic heterocycles. The van der Waals surface area contributed by atoms with Crippen LogP contribution >= 0.6 is 0 Å². The van der Waals surface area contributed by atoms with Crippen LogP contribution < -0.4 is 15.4 Å². The van der Waals surface area contributed by atoms with Gasteiger partial charge in [-0.25, -0.2) is 0 Å². The lowest BCUT2D eigenvalue weighted by Gasteiger charge is -2.21. The second kappa shape index (κ2) is 11.0. The summed E-state index contributed by atoms with van der Waals surface area (Å²) in [6, 6.07) is 25.9. The first-order valence-electron chi connectivity index (χ1n) is 13.2. The summed E-state index contributed by atoms with van der Waals surface area (Å²) >= 11 is 0. The minimum atomic E-state index is -0.0890. The highest BCUT2D eigenvalue weighted by atomic mass is 16.5. The molecule has 2 aliphatic rings. The maximum Gasteiger partial charge on any atom is 0.255 e. The lowest BCUT2D eigenvalue weighted by molar-refractivity contribution is 0.102. The van der Waals surface area contributed by atoms with Crippen molar-refractivity contribution in [3.8, 4) is 5.75 Å². The molecule has 3 aromatic rings. The molecule has 0 spiro atoms. The van der Waals surface area contributed by atoms with Crippen molar-refractivity contribution >= 4 is 17.3 Å². The molecule has 4 heteroatoms. The number of carbonyl (C=O) groups is 1. The molecule has 2 saturated carbocycles. The van der Waals surface area contributed by atoms with Gasteiger partial charge in [0, 0.05) is 23.0 Å². The topological polar surface area (TPSA) is 50.4 Å². The summed E-state index contributed by atoms with van der Waals surface area (Å²) < 4.78 is 6.08. The maximum absolute atomic E-state index is 12.6. The Morgan fingerprint density at radius 3 is 2.34 bits per heavy atom. The number of carbonyl (C=O) groups excluding carboxylic acids is 1. The molecule has 0 atom stereocenters. The summed E-state index contributed by atoms with van der Waals surface area (Å²) in [6.45, 7) is 0.789. The lowest BCUT2D eigenvalue weighted by Crippen LogP contribution is -2.19. The van der Waals surface area contributed by atoms with Gasteiger partial charge >= 0.3 is 0 Å². The van der Waals surface area contributed by atoms with Gasteiger partial charge in [0.2, 0.25) is 0 Å². The van der Waals surface area contributed by atoms with E-state index >= 15 is 0 Å².